The summed E-state index contributed by atoms with van der Waals surface area (Å²) in [5, 5.41) is 3.49. The maximum Gasteiger partial charge on any atom is 0.573 e. The first-order valence-electron chi connectivity index (χ1n) is 4.63. The Morgan fingerprint density at radius 2 is 2.11 bits per heavy atom. The normalized spacial score (nSPS) is 11.3. The van der Waals surface area contributed by atoms with Gasteiger partial charge >= 0.3 is 6.36 Å². The van der Waals surface area contributed by atoms with E-state index in [9.17, 15) is 18.0 Å². The van der Waals surface area contributed by atoms with Crippen LogP contribution in [0.4, 0.5) is 13.2 Å². The fourth-order valence-electron chi connectivity index (χ4n) is 1.24. The van der Waals surface area contributed by atoms with Gasteiger partial charge in [0.05, 0.1) is 6.20 Å². The van der Waals surface area contributed by atoms with E-state index in [2.05, 4.69) is 14.3 Å². The first-order chi connectivity index (χ1) is 8.46. The van der Waals surface area contributed by atoms with Crippen LogP contribution in [-0.2, 0) is 0 Å². The Morgan fingerprint density at radius 1 is 1.33 bits per heavy atom. The number of rotatable bonds is 3. The van der Waals surface area contributed by atoms with Gasteiger partial charge in [-0.25, -0.2) is 0 Å². The number of nitrogens with zero attached hydrogens (tertiary/aromatic N) is 2. The summed E-state index contributed by atoms with van der Waals surface area (Å²) in [4.78, 5) is 12.1. The Morgan fingerprint density at radius 3 is 2.72 bits per heavy atom. The number of alkyl halides is 3. The van der Waals surface area contributed by atoms with Crippen molar-refractivity contribution in [3.63, 3.8) is 0 Å². The first kappa shape index (κ1) is 12.5. The van der Waals surface area contributed by atoms with Gasteiger partial charge in [0.15, 0.2) is 0 Å². The van der Waals surface area contributed by atoms with Crippen molar-refractivity contribution >= 4 is 17.3 Å². The van der Waals surface area contributed by atoms with Crippen molar-refractivity contribution in [3.8, 4) is 5.75 Å². The molecule has 0 saturated heterocycles. The Balaban J connectivity index is 2.25. The summed E-state index contributed by atoms with van der Waals surface area (Å²) >= 11 is 0.871. The highest BCUT2D eigenvalue weighted by Gasteiger charge is 2.31. The number of halogens is 3. The van der Waals surface area contributed by atoms with E-state index in [1.165, 1.54) is 18.3 Å². The molecule has 2 aromatic rings. The van der Waals surface area contributed by atoms with Gasteiger partial charge in [0, 0.05) is 5.56 Å². The number of ketones is 1. The molecule has 0 atom stereocenters. The number of hydrogen-bond donors (Lipinski definition) is 0. The number of ether oxygens (including phenoxy) is 1. The molecule has 0 amide bonds. The molecule has 0 N–H and O–H groups in total. The monoisotopic (exact) mass is 274 g/mol. The van der Waals surface area contributed by atoms with Gasteiger partial charge in [-0.05, 0) is 23.7 Å². The average Bonchev–Trinajstić information content (AvgIpc) is 2.79. The zero-order valence-corrected chi connectivity index (χ0v) is 9.46. The molecule has 0 saturated carbocycles. The lowest BCUT2D eigenvalue weighted by Gasteiger charge is -2.09. The highest BCUT2D eigenvalue weighted by molar-refractivity contribution is 7.08. The molecule has 0 bridgehead atoms. The highest BCUT2D eigenvalue weighted by atomic mass is 32.1. The average molecular weight is 274 g/mol. The maximum atomic E-state index is 12.0. The summed E-state index contributed by atoms with van der Waals surface area (Å²) in [5.41, 5.74) is 0.0859. The minimum absolute atomic E-state index is 0.0859. The minimum Gasteiger partial charge on any atom is -0.406 e. The Kier molecular flexibility index (Phi) is 3.28. The molecule has 1 aromatic heterocycles. The van der Waals surface area contributed by atoms with Gasteiger partial charge in [0.25, 0.3) is 0 Å². The molecule has 0 aliphatic carbocycles. The molecule has 94 valence electrons. The maximum absolute atomic E-state index is 12.0. The quantitative estimate of drug-likeness (QED) is 0.807. The predicted molar refractivity (Wildman–Crippen MR) is 56.5 cm³/mol. The Hall–Kier alpha value is -1.96. The van der Waals surface area contributed by atoms with Gasteiger partial charge in [0.2, 0.25) is 5.78 Å². The van der Waals surface area contributed by atoms with Crippen LogP contribution in [0.1, 0.15) is 15.2 Å². The van der Waals surface area contributed by atoms with E-state index in [4.69, 9.17) is 0 Å². The lowest BCUT2D eigenvalue weighted by molar-refractivity contribution is -0.274. The summed E-state index contributed by atoms with van der Waals surface area (Å²) in [7, 11) is 0. The van der Waals surface area contributed by atoms with Crippen LogP contribution in [0.5, 0.6) is 5.75 Å². The van der Waals surface area contributed by atoms with Crippen LogP contribution in [0.25, 0.3) is 0 Å². The minimum atomic E-state index is -4.78. The summed E-state index contributed by atoms with van der Waals surface area (Å²) in [6.07, 6.45) is -3.53. The van der Waals surface area contributed by atoms with Gasteiger partial charge in [0.1, 0.15) is 10.6 Å². The molecule has 0 aliphatic rings. The largest absolute Gasteiger partial charge is 0.573 e. The molecule has 0 radical (unpaired) electrons. The van der Waals surface area contributed by atoms with E-state index in [1.807, 2.05) is 0 Å². The molecule has 4 nitrogen and oxygen atoms in total. The van der Waals surface area contributed by atoms with Crippen molar-refractivity contribution < 1.29 is 22.7 Å². The zero-order valence-electron chi connectivity index (χ0n) is 8.64. The summed E-state index contributed by atoms with van der Waals surface area (Å²) < 4.78 is 43.3. The van der Waals surface area contributed by atoms with Gasteiger partial charge in [-0.2, -0.15) is 0 Å². The van der Waals surface area contributed by atoms with E-state index in [-0.39, 0.29) is 10.4 Å². The molecule has 18 heavy (non-hydrogen) atoms. The fourth-order valence-corrected chi connectivity index (χ4v) is 1.72. The fraction of sp³-hybridized carbons (Fsp3) is 0.100. The van der Waals surface area contributed by atoms with Crippen molar-refractivity contribution in [2.75, 3.05) is 0 Å². The van der Waals surface area contributed by atoms with Crippen molar-refractivity contribution in [1.29, 1.82) is 0 Å². The molecule has 0 unspecified atom stereocenters. The van der Waals surface area contributed by atoms with Crippen LogP contribution in [0.15, 0.2) is 30.5 Å². The molecular weight excluding hydrogens is 269 g/mol. The Labute approximate surface area is 103 Å². The second kappa shape index (κ2) is 4.73. The second-order valence-electron chi connectivity index (χ2n) is 3.19. The smallest absolute Gasteiger partial charge is 0.406 e. The predicted octanol–water partition coefficient (Wildman–Crippen LogP) is 2.67. The van der Waals surface area contributed by atoms with Crippen molar-refractivity contribution in [2.24, 2.45) is 0 Å². The third-order valence-corrected chi connectivity index (χ3v) is 2.58. The summed E-state index contributed by atoms with van der Waals surface area (Å²) in [6.45, 7) is 0. The van der Waals surface area contributed by atoms with Gasteiger partial charge in [-0.3, -0.25) is 4.79 Å². The summed E-state index contributed by atoms with van der Waals surface area (Å²) in [6, 6.07) is 4.85. The third kappa shape index (κ3) is 3.04. The zero-order chi connectivity index (χ0) is 13.2. The molecule has 0 spiro atoms. The second-order valence-corrected chi connectivity index (χ2v) is 3.97. The van der Waals surface area contributed by atoms with E-state index in [0.29, 0.717) is 0 Å². The van der Waals surface area contributed by atoms with Crippen LogP contribution >= 0.6 is 11.5 Å². The number of aromatic nitrogens is 2. The molecular formula is C10H5F3N2O2S. The van der Waals surface area contributed by atoms with Gasteiger partial charge in [-0.1, -0.05) is 16.6 Å². The molecule has 8 heteroatoms. The lowest BCUT2D eigenvalue weighted by atomic mass is 10.1. The van der Waals surface area contributed by atoms with Crippen LogP contribution in [0, 0.1) is 0 Å². The molecule has 1 heterocycles. The number of carbonyl (C=O) groups is 1. The number of hydrogen-bond acceptors (Lipinski definition) is 5. The van der Waals surface area contributed by atoms with E-state index in [1.54, 1.807) is 0 Å². The lowest BCUT2D eigenvalue weighted by Crippen LogP contribution is -2.17. The van der Waals surface area contributed by atoms with E-state index in [0.717, 1.165) is 23.7 Å². The molecule has 0 fully saturated rings. The van der Waals surface area contributed by atoms with E-state index < -0.39 is 17.9 Å². The van der Waals surface area contributed by atoms with Gasteiger partial charge in [-0.15, -0.1) is 18.3 Å². The molecule has 2 rings (SSSR count). The first-order valence-corrected chi connectivity index (χ1v) is 5.41. The number of carbonyl (C=O) groups excluding carboxylic acids is 1. The SMILES string of the molecule is O=C(c1cccc(OC(F)(F)F)c1)c1cnns1. The van der Waals surface area contributed by atoms with Crippen LogP contribution in [0.2, 0.25) is 0 Å². The van der Waals surface area contributed by atoms with Crippen LogP contribution in [-0.4, -0.2) is 21.7 Å². The van der Waals surface area contributed by atoms with Crippen LogP contribution in [0.3, 0.4) is 0 Å². The molecule has 1 aromatic carbocycles. The van der Waals surface area contributed by atoms with Gasteiger partial charge < -0.3 is 4.74 Å². The third-order valence-electron chi connectivity index (χ3n) is 1.91. The number of benzene rings is 1. The van der Waals surface area contributed by atoms with Crippen molar-refractivity contribution in [2.45, 2.75) is 6.36 Å². The Bertz CT molecular complexity index is 555. The standard InChI is InChI=1S/C10H5F3N2O2S/c11-10(12,13)17-7-3-1-2-6(4-7)9(16)8-5-14-15-18-8/h1-5H. The molecule has 0 aliphatic heterocycles. The topological polar surface area (TPSA) is 52.1 Å². The van der Waals surface area contributed by atoms with E-state index >= 15 is 0 Å². The highest BCUT2D eigenvalue weighted by Crippen LogP contribution is 2.24. The summed E-state index contributed by atoms with van der Waals surface area (Å²) in [5.74, 6) is -0.886. The van der Waals surface area contributed by atoms with Crippen molar-refractivity contribution in [3.05, 3.63) is 40.9 Å². The van der Waals surface area contributed by atoms with Crippen LogP contribution < -0.4 is 4.74 Å². The van der Waals surface area contributed by atoms with Crippen molar-refractivity contribution in [1.82, 2.24) is 9.59 Å².